The quantitative estimate of drug-likeness (QED) is 0.350. The van der Waals surface area contributed by atoms with Gasteiger partial charge in [-0.25, -0.2) is 0 Å². The Morgan fingerprint density at radius 2 is 1.93 bits per heavy atom. The molecule has 0 heterocycles. The van der Waals surface area contributed by atoms with Gasteiger partial charge in [0.15, 0.2) is 0 Å². The summed E-state index contributed by atoms with van der Waals surface area (Å²) < 4.78 is 0.705. The highest BCUT2D eigenvalue weighted by Crippen LogP contribution is 2.02. The molecule has 4 heteroatoms. The number of nitrogens with zero attached hydrogens (tertiary/aromatic N) is 1. The molecule has 0 saturated carbocycles. The van der Waals surface area contributed by atoms with E-state index < -0.39 is 5.97 Å². The Kier molecular flexibility index (Phi) is 7.34. The van der Waals surface area contributed by atoms with Crippen LogP contribution in [0.25, 0.3) is 0 Å². The molecule has 0 aromatic carbocycles. The van der Waals surface area contributed by atoms with Crippen LogP contribution in [0.4, 0.5) is 0 Å². The minimum absolute atomic E-state index is 0.191. The predicted molar refractivity (Wildman–Crippen MR) is 61.4 cm³/mol. The summed E-state index contributed by atoms with van der Waals surface area (Å²) in [5.41, 5.74) is 3.22. The highest BCUT2D eigenvalue weighted by Gasteiger charge is 2.14. The first-order valence-electron chi connectivity index (χ1n) is 5.78. The van der Waals surface area contributed by atoms with Crippen molar-refractivity contribution in [3.8, 4) is 0 Å². The summed E-state index contributed by atoms with van der Waals surface area (Å²) in [6.07, 6.45) is 5.19. The van der Waals surface area contributed by atoms with Gasteiger partial charge in [0.05, 0.1) is 33.6 Å². The minimum Gasteiger partial charge on any atom is -0.481 e. The van der Waals surface area contributed by atoms with Gasteiger partial charge in [0.2, 0.25) is 0 Å². The third-order valence-corrected chi connectivity index (χ3v) is 2.45. The number of unbranched alkanes of at least 4 members (excludes halogenated alkanes) is 3. The molecule has 0 spiro atoms. The fourth-order valence-corrected chi connectivity index (χ4v) is 1.48. The fourth-order valence-electron chi connectivity index (χ4n) is 1.48. The van der Waals surface area contributed by atoms with Crippen molar-refractivity contribution in [3.63, 3.8) is 0 Å². The summed E-state index contributed by atoms with van der Waals surface area (Å²) in [5.74, 6) is -0.742. The van der Waals surface area contributed by atoms with E-state index in [4.69, 9.17) is 5.11 Å². The molecule has 90 valence electrons. The lowest BCUT2D eigenvalue weighted by Gasteiger charge is -2.29. The molecule has 0 amide bonds. The lowest BCUT2D eigenvalue weighted by Crippen LogP contribution is -2.52. The normalized spacial score (nSPS) is 11.7. The molecule has 0 radical (unpaired) electrons. The van der Waals surface area contributed by atoms with Gasteiger partial charge in [0.25, 0.3) is 0 Å². The topological polar surface area (TPSA) is 49.3 Å². The van der Waals surface area contributed by atoms with E-state index in [2.05, 4.69) is 26.4 Å². The van der Waals surface area contributed by atoms with Crippen LogP contribution in [0.5, 0.6) is 0 Å². The van der Waals surface area contributed by atoms with E-state index in [1.54, 1.807) is 0 Å². The number of rotatable bonds is 9. The van der Waals surface area contributed by atoms with E-state index in [0.29, 0.717) is 11.1 Å². The highest BCUT2D eigenvalue weighted by atomic mass is 16.4. The van der Waals surface area contributed by atoms with Gasteiger partial charge in [0.1, 0.15) is 0 Å². The molecule has 0 atom stereocenters. The first kappa shape index (κ1) is 14.4. The molecule has 0 aromatic rings. The highest BCUT2D eigenvalue weighted by molar-refractivity contribution is 5.66. The third-order valence-electron chi connectivity index (χ3n) is 2.45. The van der Waals surface area contributed by atoms with Crippen molar-refractivity contribution < 1.29 is 14.5 Å². The molecule has 0 bridgehead atoms. The van der Waals surface area contributed by atoms with Crippen LogP contribution in [0, 0.1) is 0 Å². The van der Waals surface area contributed by atoms with Crippen molar-refractivity contribution in [1.29, 1.82) is 0 Å². The molecule has 4 nitrogen and oxygen atoms in total. The molecular weight excluding hydrogens is 192 g/mol. The molecule has 0 saturated heterocycles. The van der Waals surface area contributed by atoms with Gasteiger partial charge in [-0.05, 0) is 12.8 Å². The molecule has 0 unspecified atom stereocenters. The second-order valence-electron chi connectivity index (χ2n) is 4.52. The number of carboxylic acid groups (broad SMARTS) is 1. The lowest BCUT2D eigenvalue weighted by molar-refractivity contribution is -0.934. The number of carbonyl (C=O) groups is 1. The SMILES string of the molecule is CCCCCC[N+](C)(C)NCCC(=O)O. The summed E-state index contributed by atoms with van der Waals surface area (Å²) >= 11 is 0. The average molecular weight is 217 g/mol. The summed E-state index contributed by atoms with van der Waals surface area (Å²) in [4.78, 5) is 10.3. The molecule has 2 N–H and O–H groups in total. The Bertz CT molecular complexity index is 181. The van der Waals surface area contributed by atoms with Gasteiger partial charge in [0, 0.05) is 0 Å². The van der Waals surface area contributed by atoms with Gasteiger partial charge in [-0.15, -0.1) is 0 Å². The maximum Gasteiger partial charge on any atom is 0.304 e. The molecule has 0 aromatic heterocycles. The molecule has 0 aliphatic rings. The maximum atomic E-state index is 10.3. The summed E-state index contributed by atoms with van der Waals surface area (Å²) in [6.45, 7) is 3.79. The maximum absolute atomic E-state index is 10.3. The largest absolute Gasteiger partial charge is 0.481 e. The third kappa shape index (κ3) is 9.69. The van der Waals surface area contributed by atoms with Crippen LogP contribution in [0.3, 0.4) is 0 Å². The fraction of sp³-hybridized carbons (Fsp3) is 0.909. The molecular formula is C11H25N2O2+. The lowest BCUT2D eigenvalue weighted by atomic mass is 10.2. The Morgan fingerprint density at radius 1 is 1.27 bits per heavy atom. The Labute approximate surface area is 92.8 Å². The zero-order valence-corrected chi connectivity index (χ0v) is 10.3. The van der Waals surface area contributed by atoms with Crippen LogP contribution in [0.2, 0.25) is 0 Å². The number of hydrogen-bond acceptors (Lipinski definition) is 2. The average Bonchev–Trinajstić information content (AvgIpc) is 2.11. The summed E-state index contributed by atoms with van der Waals surface area (Å²) in [5, 5.41) is 8.51. The molecule has 15 heavy (non-hydrogen) atoms. The van der Waals surface area contributed by atoms with Crippen molar-refractivity contribution in [2.45, 2.75) is 39.0 Å². The Hall–Kier alpha value is -0.610. The minimum atomic E-state index is -0.742. The first-order chi connectivity index (χ1) is 6.98. The van der Waals surface area contributed by atoms with E-state index in [9.17, 15) is 4.79 Å². The van der Waals surface area contributed by atoms with Gasteiger partial charge in [-0.2, -0.15) is 5.43 Å². The van der Waals surface area contributed by atoms with E-state index in [1.165, 1.54) is 25.7 Å². The molecule has 0 rings (SSSR count). The number of nitrogens with one attached hydrogen (secondary N) is 1. The van der Waals surface area contributed by atoms with E-state index in [1.807, 2.05) is 0 Å². The second-order valence-corrected chi connectivity index (χ2v) is 4.52. The van der Waals surface area contributed by atoms with Crippen LogP contribution in [-0.2, 0) is 4.79 Å². The first-order valence-corrected chi connectivity index (χ1v) is 5.78. The van der Waals surface area contributed by atoms with Crippen molar-refractivity contribution in [3.05, 3.63) is 0 Å². The van der Waals surface area contributed by atoms with Gasteiger partial charge in [-0.1, -0.05) is 19.8 Å². The Balaban J connectivity index is 3.53. The molecule has 0 fully saturated rings. The zero-order valence-electron chi connectivity index (χ0n) is 10.3. The second kappa shape index (κ2) is 7.65. The van der Waals surface area contributed by atoms with Crippen LogP contribution in [-0.4, -0.2) is 42.9 Å². The number of quaternary nitrogens is 1. The van der Waals surface area contributed by atoms with E-state index >= 15 is 0 Å². The Morgan fingerprint density at radius 3 is 2.47 bits per heavy atom. The van der Waals surface area contributed by atoms with Crippen molar-refractivity contribution >= 4 is 5.97 Å². The summed E-state index contributed by atoms with van der Waals surface area (Å²) in [7, 11) is 4.15. The van der Waals surface area contributed by atoms with Crippen LogP contribution in [0.1, 0.15) is 39.0 Å². The predicted octanol–water partition coefficient (Wildman–Crippen LogP) is 1.62. The number of carboxylic acids is 1. The smallest absolute Gasteiger partial charge is 0.304 e. The van der Waals surface area contributed by atoms with E-state index in [0.717, 1.165) is 6.54 Å². The van der Waals surface area contributed by atoms with Gasteiger partial charge in [-0.3, -0.25) is 9.39 Å². The monoisotopic (exact) mass is 217 g/mol. The number of aliphatic carboxylic acids is 1. The van der Waals surface area contributed by atoms with Gasteiger partial charge < -0.3 is 5.11 Å². The zero-order chi connectivity index (χ0) is 11.7. The number of hydrogen-bond donors (Lipinski definition) is 2. The molecule has 0 aliphatic heterocycles. The molecule has 0 aliphatic carbocycles. The van der Waals surface area contributed by atoms with Crippen LogP contribution < -0.4 is 5.43 Å². The van der Waals surface area contributed by atoms with E-state index in [-0.39, 0.29) is 6.42 Å². The van der Waals surface area contributed by atoms with Crippen molar-refractivity contribution in [2.75, 3.05) is 27.2 Å². The standard InChI is InChI=1S/C11H24N2O2/c1-4-5-6-7-10-13(2,3)12-9-8-11(14)15/h12H,4-10H2,1-3H3/p+1. The van der Waals surface area contributed by atoms with Crippen LogP contribution in [0.15, 0.2) is 0 Å². The summed E-state index contributed by atoms with van der Waals surface area (Å²) in [6, 6.07) is 0. The van der Waals surface area contributed by atoms with Gasteiger partial charge >= 0.3 is 5.97 Å². The van der Waals surface area contributed by atoms with Crippen molar-refractivity contribution in [1.82, 2.24) is 5.43 Å². The van der Waals surface area contributed by atoms with Crippen molar-refractivity contribution in [2.24, 2.45) is 0 Å². The van der Waals surface area contributed by atoms with Crippen LogP contribution >= 0.6 is 0 Å².